The maximum atomic E-state index is 5.94. The first-order valence-electron chi connectivity index (χ1n) is 5.64. The molecule has 1 aromatic carbocycles. The van der Waals surface area contributed by atoms with Crippen LogP contribution in [0.15, 0.2) is 16.6 Å². The summed E-state index contributed by atoms with van der Waals surface area (Å²) >= 11 is 3.53. The molecule has 0 aliphatic heterocycles. The van der Waals surface area contributed by atoms with E-state index in [9.17, 15) is 0 Å². The van der Waals surface area contributed by atoms with Crippen LogP contribution >= 0.6 is 15.9 Å². The van der Waals surface area contributed by atoms with Crippen molar-refractivity contribution in [3.63, 3.8) is 0 Å². The Morgan fingerprint density at radius 3 is 2.22 bits per heavy atom. The third-order valence-corrected chi connectivity index (χ3v) is 4.09. The Balaban J connectivity index is 2.40. The van der Waals surface area contributed by atoms with Gasteiger partial charge in [0.1, 0.15) is 11.4 Å². The SMILES string of the molecule is Cc1cc(Oc2c(N)c(C)nn2C)cc(C)c1Br. The molecule has 2 aromatic rings. The molecule has 0 spiro atoms. The summed E-state index contributed by atoms with van der Waals surface area (Å²) < 4.78 is 8.58. The maximum Gasteiger partial charge on any atom is 0.241 e. The molecule has 5 heteroatoms. The Bertz CT molecular complexity index is 582. The van der Waals surface area contributed by atoms with Crippen LogP contribution in [0, 0.1) is 20.8 Å². The van der Waals surface area contributed by atoms with Gasteiger partial charge in [-0.05, 0) is 44.0 Å². The second-order valence-corrected chi connectivity index (χ2v) is 5.19. The predicted octanol–water partition coefficient (Wildman–Crippen LogP) is 3.48. The van der Waals surface area contributed by atoms with E-state index in [2.05, 4.69) is 21.0 Å². The number of rotatable bonds is 2. The van der Waals surface area contributed by atoms with Gasteiger partial charge in [0.25, 0.3) is 0 Å². The maximum absolute atomic E-state index is 5.94. The number of nitrogen functional groups attached to an aromatic ring is 1. The molecule has 0 atom stereocenters. The molecule has 0 amide bonds. The highest BCUT2D eigenvalue weighted by atomic mass is 79.9. The zero-order valence-corrected chi connectivity index (χ0v) is 12.5. The van der Waals surface area contributed by atoms with Crippen molar-refractivity contribution in [2.24, 2.45) is 7.05 Å². The van der Waals surface area contributed by atoms with Gasteiger partial charge in [-0.15, -0.1) is 0 Å². The highest BCUT2D eigenvalue weighted by molar-refractivity contribution is 9.10. The molecule has 4 nitrogen and oxygen atoms in total. The van der Waals surface area contributed by atoms with Crippen LogP contribution in [-0.2, 0) is 7.05 Å². The van der Waals surface area contributed by atoms with Crippen molar-refractivity contribution >= 4 is 21.6 Å². The molecule has 0 saturated heterocycles. The number of halogens is 1. The van der Waals surface area contributed by atoms with Crippen molar-refractivity contribution < 1.29 is 4.74 Å². The third kappa shape index (κ3) is 2.22. The summed E-state index contributed by atoms with van der Waals surface area (Å²) in [6, 6.07) is 3.94. The number of aryl methyl sites for hydroxylation is 4. The fourth-order valence-corrected chi connectivity index (χ4v) is 2.08. The summed E-state index contributed by atoms with van der Waals surface area (Å²) in [5.74, 6) is 1.34. The average molecular weight is 310 g/mol. The fourth-order valence-electron chi connectivity index (χ4n) is 1.85. The number of benzene rings is 1. The second kappa shape index (κ2) is 4.65. The Morgan fingerprint density at radius 1 is 1.22 bits per heavy atom. The van der Waals surface area contributed by atoms with Gasteiger partial charge in [-0.1, -0.05) is 15.9 Å². The number of ether oxygens (including phenoxy) is 1. The van der Waals surface area contributed by atoms with Gasteiger partial charge < -0.3 is 10.5 Å². The largest absolute Gasteiger partial charge is 0.437 e. The van der Waals surface area contributed by atoms with Gasteiger partial charge in [0.2, 0.25) is 5.88 Å². The fraction of sp³-hybridized carbons (Fsp3) is 0.308. The first-order chi connectivity index (χ1) is 8.40. The molecule has 18 heavy (non-hydrogen) atoms. The molecule has 0 aliphatic rings. The molecule has 96 valence electrons. The zero-order valence-electron chi connectivity index (χ0n) is 10.9. The number of anilines is 1. The molecular formula is C13H16BrN3O. The predicted molar refractivity (Wildman–Crippen MR) is 76.0 cm³/mol. The van der Waals surface area contributed by atoms with Gasteiger partial charge in [0, 0.05) is 11.5 Å². The monoisotopic (exact) mass is 309 g/mol. The van der Waals surface area contributed by atoms with Crippen LogP contribution in [-0.4, -0.2) is 9.78 Å². The van der Waals surface area contributed by atoms with E-state index in [0.29, 0.717) is 11.6 Å². The first kappa shape index (κ1) is 13.0. The van der Waals surface area contributed by atoms with Crippen molar-refractivity contribution in [1.29, 1.82) is 0 Å². The summed E-state index contributed by atoms with van der Waals surface area (Å²) in [5, 5.41) is 4.23. The Labute approximate surface area is 115 Å². The number of hydrogen-bond acceptors (Lipinski definition) is 3. The van der Waals surface area contributed by atoms with E-state index in [4.69, 9.17) is 10.5 Å². The Kier molecular flexibility index (Phi) is 3.34. The third-order valence-electron chi connectivity index (χ3n) is 2.84. The zero-order chi connectivity index (χ0) is 13.4. The van der Waals surface area contributed by atoms with Gasteiger partial charge in [-0.3, -0.25) is 0 Å². The number of hydrogen-bond donors (Lipinski definition) is 1. The van der Waals surface area contributed by atoms with Gasteiger partial charge in [-0.25, -0.2) is 4.68 Å². The number of aromatic nitrogens is 2. The minimum absolute atomic E-state index is 0.577. The molecule has 2 N–H and O–H groups in total. The van der Waals surface area contributed by atoms with E-state index in [1.165, 1.54) is 0 Å². The number of nitrogens with zero attached hydrogens (tertiary/aromatic N) is 2. The first-order valence-corrected chi connectivity index (χ1v) is 6.43. The summed E-state index contributed by atoms with van der Waals surface area (Å²) in [5.41, 5.74) is 9.55. The van der Waals surface area contributed by atoms with Crippen LogP contribution in [0.3, 0.4) is 0 Å². The lowest BCUT2D eigenvalue weighted by Crippen LogP contribution is -1.98. The normalized spacial score (nSPS) is 10.7. The van der Waals surface area contributed by atoms with E-state index >= 15 is 0 Å². The molecule has 0 saturated carbocycles. The van der Waals surface area contributed by atoms with E-state index < -0.39 is 0 Å². The van der Waals surface area contributed by atoms with Crippen LogP contribution in [0.2, 0.25) is 0 Å². The quantitative estimate of drug-likeness (QED) is 0.924. The van der Waals surface area contributed by atoms with Crippen molar-refractivity contribution in [1.82, 2.24) is 9.78 Å². The van der Waals surface area contributed by atoms with Gasteiger partial charge in [0.15, 0.2) is 0 Å². The molecule has 0 radical (unpaired) electrons. The van der Waals surface area contributed by atoms with E-state index in [0.717, 1.165) is 27.0 Å². The van der Waals surface area contributed by atoms with Gasteiger partial charge >= 0.3 is 0 Å². The highest BCUT2D eigenvalue weighted by Crippen LogP contribution is 2.32. The molecule has 0 bridgehead atoms. The van der Waals surface area contributed by atoms with Crippen molar-refractivity contribution in [2.45, 2.75) is 20.8 Å². The molecule has 1 aromatic heterocycles. The molecule has 2 rings (SSSR count). The van der Waals surface area contributed by atoms with Crippen LogP contribution in [0.25, 0.3) is 0 Å². The topological polar surface area (TPSA) is 53.1 Å². The minimum Gasteiger partial charge on any atom is -0.437 e. The summed E-state index contributed by atoms with van der Waals surface area (Å²) in [6.45, 7) is 5.92. The van der Waals surface area contributed by atoms with Crippen molar-refractivity contribution in [3.05, 3.63) is 33.4 Å². The lowest BCUT2D eigenvalue weighted by atomic mass is 10.1. The lowest BCUT2D eigenvalue weighted by molar-refractivity contribution is 0.432. The lowest BCUT2D eigenvalue weighted by Gasteiger charge is -2.10. The highest BCUT2D eigenvalue weighted by Gasteiger charge is 2.13. The Hall–Kier alpha value is -1.49. The van der Waals surface area contributed by atoms with Crippen LogP contribution in [0.4, 0.5) is 5.69 Å². The average Bonchev–Trinajstić information content (AvgIpc) is 2.53. The summed E-state index contributed by atoms with van der Waals surface area (Å²) in [4.78, 5) is 0. The smallest absolute Gasteiger partial charge is 0.241 e. The molecule has 0 unspecified atom stereocenters. The standard InChI is InChI=1S/C13H16BrN3O/c1-7-5-10(6-8(2)11(7)14)18-13-12(15)9(3)16-17(13)4/h5-6H,15H2,1-4H3. The van der Waals surface area contributed by atoms with E-state index in [-0.39, 0.29) is 0 Å². The van der Waals surface area contributed by atoms with E-state index in [1.807, 2.05) is 40.0 Å². The van der Waals surface area contributed by atoms with Crippen LogP contribution in [0.5, 0.6) is 11.6 Å². The van der Waals surface area contributed by atoms with Crippen molar-refractivity contribution in [3.8, 4) is 11.6 Å². The van der Waals surface area contributed by atoms with Crippen molar-refractivity contribution in [2.75, 3.05) is 5.73 Å². The molecular weight excluding hydrogens is 294 g/mol. The minimum atomic E-state index is 0.577. The van der Waals surface area contributed by atoms with Crippen LogP contribution in [0.1, 0.15) is 16.8 Å². The Morgan fingerprint density at radius 2 is 1.78 bits per heavy atom. The summed E-state index contributed by atoms with van der Waals surface area (Å²) in [6.07, 6.45) is 0. The van der Waals surface area contributed by atoms with E-state index in [1.54, 1.807) is 4.68 Å². The molecule has 1 heterocycles. The molecule has 0 fully saturated rings. The summed E-state index contributed by atoms with van der Waals surface area (Å²) in [7, 11) is 1.82. The molecule has 0 aliphatic carbocycles. The number of nitrogens with two attached hydrogens (primary N) is 1. The van der Waals surface area contributed by atoms with Crippen LogP contribution < -0.4 is 10.5 Å². The van der Waals surface area contributed by atoms with Gasteiger partial charge in [-0.2, -0.15) is 5.10 Å². The van der Waals surface area contributed by atoms with Gasteiger partial charge in [0.05, 0.1) is 5.69 Å². The second-order valence-electron chi connectivity index (χ2n) is 4.40.